The first-order valence-electron chi connectivity index (χ1n) is 7.39. The largest absolute Gasteiger partial charge is 0.395 e. The van der Waals surface area contributed by atoms with Crippen LogP contribution in [0.3, 0.4) is 0 Å². The predicted molar refractivity (Wildman–Crippen MR) is 77.4 cm³/mol. The molecule has 0 spiro atoms. The minimum Gasteiger partial charge on any atom is -0.395 e. The van der Waals surface area contributed by atoms with Gasteiger partial charge in [0.2, 0.25) is 5.82 Å². The summed E-state index contributed by atoms with van der Waals surface area (Å²) in [6.45, 7) is 1.12. The molecule has 1 aromatic carbocycles. The van der Waals surface area contributed by atoms with E-state index in [0.717, 1.165) is 12.8 Å². The van der Waals surface area contributed by atoms with Crippen LogP contribution in [0.25, 0.3) is 0 Å². The van der Waals surface area contributed by atoms with Crippen molar-refractivity contribution in [2.75, 3.05) is 13.2 Å². The Bertz CT molecular complexity index is 490. The lowest BCUT2D eigenvalue weighted by atomic mass is 9.94. The first-order valence-corrected chi connectivity index (χ1v) is 7.39. The second-order valence-corrected chi connectivity index (χ2v) is 5.53. The fourth-order valence-electron chi connectivity index (χ4n) is 3.00. The van der Waals surface area contributed by atoms with Crippen LogP contribution in [-0.2, 0) is 6.54 Å². The van der Waals surface area contributed by atoms with Gasteiger partial charge in [0.1, 0.15) is 0 Å². The zero-order valence-corrected chi connectivity index (χ0v) is 12.0. The highest BCUT2D eigenvalue weighted by Crippen LogP contribution is 2.25. The summed E-state index contributed by atoms with van der Waals surface area (Å²) in [5, 5.41) is 19.8. The number of hydrogen-bond donors (Lipinski definition) is 1. The smallest absolute Gasteiger partial charge is 0.304 e. The van der Waals surface area contributed by atoms with Gasteiger partial charge in [-0.2, -0.15) is 4.39 Å². The minimum atomic E-state index is -0.801. The Labute approximate surface area is 123 Å². The molecule has 0 saturated heterocycles. The number of benzene rings is 1. The third kappa shape index (κ3) is 4.22. The van der Waals surface area contributed by atoms with Crippen molar-refractivity contribution in [3.8, 4) is 0 Å². The van der Waals surface area contributed by atoms with Gasteiger partial charge in [0.05, 0.1) is 11.5 Å². The second kappa shape index (κ2) is 7.47. The van der Waals surface area contributed by atoms with Crippen molar-refractivity contribution < 1.29 is 14.4 Å². The van der Waals surface area contributed by atoms with Crippen molar-refractivity contribution in [1.82, 2.24) is 4.90 Å². The Morgan fingerprint density at radius 3 is 2.62 bits per heavy atom. The highest BCUT2D eigenvalue weighted by Gasteiger charge is 2.22. The molecule has 1 aromatic rings. The maximum atomic E-state index is 13.7. The minimum absolute atomic E-state index is 0.0615. The lowest BCUT2D eigenvalue weighted by molar-refractivity contribution is -0.387. The van der Waals surface area contributed by atoms with Crippen LogP contribution in [0, 0.1) is 15.9 Å². The van der Waals surface area contributed by atoms with Gasteiger partial charge in [-0.15, -0.1) is 0 Å². The zero-order chi connectivity index (χ0) is 15.2. The SMILES string of the molecule is O=[N+]([O-])c1ccc(CN(CCO)C2CCCCC2)cc1F. The first kappa shape index (κ1) is 15.9. The Hall–Kier alpha value is -1.53. The van der Waals surface area contributed by atoms with Gasteiger partial charge in [-0.05, 0) is 24.5 Å². The molecule has 1 saturated carbocycles. The third-order valence-electron chi connectivity index (χ3n) is 4.07. The van der Waals surface area contributed by atoms with Gasteiger partial charge in [-0.1, -0.05) is 25.3 Å². The van der Waals surface area contributed by atoms with Crippen LogP contribution in [0.15, 0.2) is 18.2 Å². The number of nitrogens with zero attached hydrogens (tertiary/aromatic N) is 2. The van der Waals surface area contributed by atoms with Crippen molar-refractivity contribution in [1.29, 1.82) is 0 Å². The number of nitro benzene ring substituents is 1. The summed E-state index contributed by atoms with van der Waals surface area (Å²) in [5.41, 5.74) is 0.210. The molecule has 1 aliphatic carbocycles. The van der Waals surface area contributed by atoms with Crippen LogP contribution in [0.5, 0.6) is 0 Å². The molecule has 21 heavy (non-hydrogen) atoms. The standard InChI is InChI=1S/C15H21FN2O3/c16-14-10-12(6-7-15(14)18(20)21)11-17(8-9-19)13-4-2-1-3-5-13/h6-7,10,13,19H,1-5,8-9,11H2. The van der Waals surface area contributed by atoms with Gasteiger partial charge in [-0.25, -0.2) is 0 Å². The maximum absolute atomic E-state index is 13.7. The van der Waals surface area contributed by atoms with E-state index in [9.17, 15) is 19.6 Å². The Morgan fingerprint density at radius 1 is 1.33 bits per heavy atom. The molecule has 116 valence electrons. The molecule has 1 N–H and O–H groups in total. The topological polar surface area (TPSA) is 66.6 Å². The van der Waals surface area contributed by atoms with Crippen molar-refractivity contribution in [3.63, 3.8) is 0 Å². The van der Waals surface area contributed by atoms with E-state index in [1.54, 1.807) is 6.07 Å². The van der Waals surface area contributed by atoms with Gasteiger partial charge in [0.25, 0.3) is 0 Å². The lowest BCUT2D eigenvalue weighted by Gasteiger charge is -2.34. The Balaban J connectivity index is 2.09. The Kier molecular flexibility index (Phi) is 5.64. The zero-order valence-electron chi connectivity index (χ0n) is 12.0. The Morgan fingerprint density at radius 2 is 2.05 bits per heavy atom. The van der Waals surface area contributed by atoms with Gasteiger partial charge in [-0.3, -0.25) is 15.0 Å². The molecule has 0 aromatic heterocycles. The van der Waals surface area contributed by atoms with Gasteiger partial charge in [0, 0.05) is 25.2 Å². The quantitative estimate of drug-likeness (QED) is 0.647. The van der Waals surface area contributed by atoms with Crippen LogP contribution in [0.1, 0.15) is 37.7 Å². The third-order valence-corrected chi connectivity index (χ3v) is 4.07. The fraction of sp³-hybridized carbons (Fsp3) is 0.600. The summed E-state index contributed by atoms with van der Waals surface area (Å²) in [6, 6.07) is 4.44. The van der Waals surface area contributed by atoms with Crippen LogP contribution >= 0.6 is 0 Å². The molecule has 0 heterocycles. The van der Waals surface area contributed by atoms with E-state index in [4.69, 9.17) is 0 Å². The van der Waals surface area contributed by atoms with Crippen LogP contribution in [0.2, 0.25) is 0 Å². The second-order valence-electron chi connectivity index (χ2n) is 5.53. The van der Waals surface area contributed by atoms with E-state index in [1.807, 2.05) is 0 Å². The molecular formula is C15H21FN2O3. The fourth-order valence-corrected chi connectivity index (χ4v) is 3.00. The molecule has 2 rings (SSSR count). The monoisotopic (exact) mass is 296 g/mol. The summed E-state index contributed by atoms with van der Waals surface area (Å²) in [4.78, 5) is 12.1. The molecule has 1 aliphatic rings. The molecule has 0 atom stereocenters. The summed E-state index contributed by atoms with van der Waals surface area (Å²) in [5.74, 6) is -0.801. The van der Waals surface area contributed by atoms with E-state index in [1.165, 1.54) is 31.4 Å². The number of aliphatic hydroxyl groups is 1. The highest BCUT2D eigenvalue weighted by molar-refractivity contribution is 5.35. The van der Waals surface area contributed by atoms with E-state index < -0.39 is 16.4 Å². The van der Waals surface area contributed by atoms with Crippen LogP contribution in [0.4, 0.5) is 10.1 Å². The average Bonchev–Trinajstić information content (AvgIpc) is 2.47. The normalized spacial score (nSPS) is 16.3. The molecule has 0 bridgehead atoms. The van der Waals surface area contributed by atoms with Crippen molar-refractivity contribution in [2.24, 2.45) is 0 Å². The number of aliphatic hydroxyl groups excluding tert-OH is 1. The summed E-state index contributed by atoms with van der Waals surface area (Å²) >= 11 is 0. The molecular weight excluding hydrogens is 275 g/mol. The molecule has 1 fully saturated rings. The van der Waals surface area contributed by atoms with Crippen molar-refractivity contribution in [2.45, 2.75) is 44.7 Å². The van der Waals surface area contributed by atoms with Crippen LogP contribution in [-0.4, -0.2) is 34.1 Å². The summed E-state index contributed by atoms with van der Waals surface area (Å²) in [7, 11) is 0. The lowest BCUT2D eigenvalue weighted by Crippen LogP contribution is -2.38. The van der Waals surface area contributed by atoms with E-state index >= 15 is 0 Å². The molecule has 0 unspecified atom stereocenters. The predicted octanol–water partition coefficient (Wildman–Crippen LogP) is 2.86. The van der Waals surface area contributed by atoms with E-state index in [-0.39, 0.29) is 6.61 Å². The highest BCUT2D eigenvalue weighted by atomic mass is 19.1. The van der Waals surface area contributed by atoms with E-state index in [2.05, 4.69) is 4.90 Å². The molecule has 5 nitrogen and oxygen atoms in total. The first-order chi connectivity index (χ1) is 10.1. The summed E-state index contributed by atoms with van der Waals surface area (Å²) < 4.78 is 13.7. The number of rotatable bonds is 6. The molecule has 6 heteroatoms. The van der Waals surface area contributed by atoms with Gasteiger partial charge >= 0.3 is 5.69 Å². The molecule has 0 radical (unpaired) electrons. The van der Waals surface area contributed by atoms with Crippen molar-refractivity contribution in [3.05, 3.63) is 39.7 Å². The van der Waals surface area contributed by atoms with Crippen LogP contribution < -0.4 is 0 Å². The van der Waals surface area contributed by atoms with E-state index in [0.29, 0.717) is 24.7 Å². The number of nitro groups is 1. The maximum Gasteiger partial charge on any atom is 0.304 e. The van der Waals surface area contributed by atoms with Gasteiger partial charge in [0.15, 0.2) is 0 Å². The molecule has 0 aliphatic heterocycles. The van der Waals surface area contributed by atoms with Crippen molar-refractivity contribution >= 4 is 5.69 Å². The molecule has 0 amide bonds. The summed E-state index contributed by atoms with van der Waals surface area (Å²) in [6.07, 6.45) is 5.79. The van der Waals surface area contributed by atoms with Gasteiger partial charge < -0.3 is 5.11 Å². The number of halogens is 1. The average molecular weight is 296 g/mol. The number of hydrogen-bond acceptors (Lipinski definition) is 4.